The highest BCUT2D eigenvalue weighted by molar-refractivity contribution is 5.16. The molecule has 2 heterocycles. The summed E-state index contributed by atoms with van der Waals surface area (Å²) in [5, 5.41) is 10.5. The topological polar surface area (TPSA) is 62.4 Å². The van der Waals surface area contributed by atoms with Gasteiger partial charge < -0.3 is 10.8 Å². The van der Waals surface area contributed by atoms with E-state index in [-0.39, 0.29) is 12.3 Å². The van der Waals surface area contributed by atoms with Crippen molar-refractivity contribution >= 4 is 0 Å². The van der Waals surface area contributed by atoms with Crippen LogP contribution in [-0.4, -0.2) is 40.3 Å². The van der Waals surface area contributed by atoms with Crippen LogP contribution in [0.25, 0.3) is 0 Å². The summed E-state index contributed by atoms with van der Waals surface area (Å²) in [6.45, 7) is 4.01. The Morgan fingerprint density at radius 1 is 1.25 bits per heavy atom. The minimum absolute atomic E-state index is 0.0883. The first kappa shape index (κ1) is 17.8. The zero-order valence-corrected chi connectivity index (χ0v) is 15.0. The molecular formula is C20H33N3O. The van der Waals surface area contributed by atoms with Crippen LogP contribution in [0.15, 0.2) is 18.3 Å². The summed E-state index contributed by atoms with van der Waals surface area (Å²) < 4.78 is 0. The maximum absolute atomic E-state index is 10.5. The van der Waals surface area contributed by atoms with Gasteiger partial charge >= 0.3 is 0 Å². The standard InChI is InChI=1S/C20H33N3O/c1-15-7-8-18(22-14-15)17-9-11-23(20(21)13-17)12-10-19(24)16-5-3-2-4-6-16/h7-8,14,16-17,19-20,24H,2-6,9-13,21H2,1H3. The maximum atomic E-state index is 10.5. The number of nitrogens with zero attached hydrogens (tertiary/aromatic N) is 2. The molecule has 1 saturated carbocycles. The van der Waals surface area contributed by atoms with E-state index in [9.17, 15) is 5.11 Å². The van der Waals surface area contributed by atoms with Gasteiger partial charge in [0.25, 0.3) is 0 Å². The smallest absolute Gasteiger partial charge is 0.0580 e. The van der Waals surface area contributed by atoms with Gasteiger partial charge in [0.15, 0.2) is 0 Å². The fraction of sp³-hybridized carbons (Fsp3) is 0.750. The number of hydrogen-bond acceptors (Lipinski definition) is 4. The second-order valence-corrected chi connectivity index (χ2v) is 7.84. The molecular weight excluding hydrogens is 298 g/mol. The van der Waals surface area contributed by atoms with E-state index >= 15 is 0 Å². The lowest BCUT2D eigenvalue weighted by molar-refractivity contribution is 0.0518. The Bertz CT molecular complexity index is 498. The van der Waals surface area contributed by atoms with Crippen molar-refractivity contribution in [3.8, 4) is 0 Å². The van der Waals surface area contributed by atoms with Crippen molar-refractivity contribution in [2.75, 3.05) is 13.1 Å². The second kappa shape index (κ2) is 8.41. The van der Waals surface area contributed by atoms with Crippen LogP contribution in [-0.2, 0) is 0 Å². The Balaban J connectivity index is 1.46. The molecule has 2 fully saturated rings. The van der Waals surface area contributed by atoms with Gasteiger partial charge in [0.2, 0.25) is 0 Å². The molecule has 1 saturated heterocycles. The first-order valence-electron chi connectivity index (χ1n) is 9.73. The van der Waals surface area contributed by atoms with Gasteiger partial charge in [-0.3, -0.25) is 9.88 Å². The monoisotopic (exact) mass is 331 g/mol. The van der Waals surface area contributed by atoms with Gasteiger partial charge in [0.05, 0.1) is 12.3 Å². The normalized spacial score (nSPS) is 28.0. The lowest BCUT2D eigenvalue weighted by atomic mass is 9.84. The number of pyridine rings is 1. The van der Waals surface area contributed by atoms with Gasteiger partial charge in [0, 0.05) is 30.9 Å². The highest BCUT2D eigenvalue weighted by Crippen LogP contribution is 2.31. The van der Waals surface area contributed by atoms with Crippen molar-refractivity contribution in [3.63, 3.8) is 0 Å². The molecule has 1 aromatic rings. The van der Waals surface area contributed by atoms with E-state index in [1.807, 2.05) is 6.20 Å². The average Bonchev–Trinajstić information content (AvgIpc) is 2.62. The van der Waals surface area contributed by atoms with E-state index in [0.717, 1.165) is 32.4 Å². The largest absolute Gasteiger partial charge is 0.393 e. The third-order valence-corrected chi connectivity index (χ3v) is 6.02. The molecule has 0 aromatic carbocycles. The molecule has 1 aliphatic heterocycles. The summed E-state index contributed by atoms with van der Waals surface area (Å²) in [4.78, 5) is 6.94. The molecule has 1 aliphatic carbocycles. The highest BCUT2D eigenvalue weighted by atomic mass is 16.3. The molecule has 0 spiro atoms. The van der Waals surface area contributed by atoms with Crippen molar-refractivity contribution in [2.45, 2.75) is 76.5 Å². The summed E-state index contributed by atoms with van der Waals surface area (Å²) in [6.07, 6.45) is 11.2. The van der Waals surface area contributed by atoms with Crippen molar-refractivity contribution in [2.24, 2.45) is 11.7 Å². The molecule has 134 valence electrons. The van der Waals surface area contributed by atoms with Crippen molar-refractivity contribution in [1.29, 1.82) is 0 Å². The van der Waals surface area contributed by atoms with Crippen LogP contribution < -0.4 is 5.73 Å². The number of aliphatic hydroxyl groups excluding tert-OH is 1. The van der Waals surface area contributed by atoms with E-state index in [1.165, 1.54) is 43.4 Å². The molecule has 3 N–H and O–H groups in total. The highest BCUT2D eigenvalue weighted by Gasteiger charge is 2.29. The molecule has 3 unspecified atom stereocenters. The number of hydrogen-bond donors (Lipinski definition) is 2. The summed E-state index contributed by atoms with van der Waals surface area (Å²) in [7, 11) is 0. The molecule has 4 nitrogen and oxygen atoms in total. The number of aliphatic hydroxyl groups is 1. The Labute approximate surface area is 146 Å². The van der Waals surface area contributed by atoms with Crippen molar-refractivity contribution < 1.29 is 5.11 Å². The second-order valence-electron chi connectivity index (χ2n) is 7.84. The van der Waals surface area contributed by atoms with Crippen LogP contribution in [0.2, 0.25) is 0 Å². The fourth-order valence-corrected chi connectivity index (χ4v) is 4.37. The maximum Gasteiger partial charge on any atom is 0.0580 e. The van der Waals surface area contributed by atoms with Gasteiger partial charge in [-0.15, -0.1) is 0 Å². The van der Waals surface area contributed by atoms with E-state index in [0.29, 0.717) is 11.8 Å². The molecule has 2 aliphatic rings. The molecule has 0 amide bonds. The third-order valence-electron chi connectivity index (χ3n) is 6.02. The van der Waals surface area contributed by atoms with Crippen molar-refractivity contribution in [3.05, 3.63) is 29.6 Å². The van der Waals surface area contributed by atoms with Crippen LogP contribution in [0.3, 0.4) is 0 Å². The Morgan fingerprint density at radius 2 is 2.04 bits per heavy atom. The Hall–Kier alpha value is -0.970. The number of nitrogens with two attached hydrogens (primary N) is 1. The molecule has 3 rings (SSSR count). The van der Waals surface area contributed by atoms with E-state index in [1.54, 1.807) is 0 Å². The van der Waals surface area contributed by atoms with Crippen LogP contribution in [0.1, 0.15) is 68.5 Å². The SMILES string of the molecule is Cc1ccc(C2CCN(CCC(O)C3CCCCC3)C(N)C2)nc1. The lowest BCUT2D eigenvalue weighted by Gasteiger charge is -2.38. The lowest BCUT2D eigenvalue weighted by Crippen LogP contribution is -2.48. The van der Waals surface area contributed by atoms with E-state index in [2.05, 4.69) is 28.9 Å². The van der Waals surface area contributed by atoms with Crippen LogP contribution >= 0.6 is 0 Å². The van der Waals surface area contributed by atoms with Crippen LogP contribution in [0.4, 0.5) is 0 Å². The predicted molar refractivity (Wildman–Crippen MR) is 97.7 cm³/mol. The van der Waals surface area contributed by atoms with E-state index < -0.39 is 0 Å². The molecule has 0 radical (unpaired) electrons. The molecule has 3 atom stereocenters. The van der Waals surface area contributed by atoms with Crippen LogP contribution in [0.5, 0.6) is 0 Å². The average molecular weight is 332 g/mol. The van der Waals surface area contributed by atoms with E-state index in [4.69, 9.17) is 5.73 Å². The molecule has 0 bridgehead atoms. The van der Waals surface area contributed by atoms with Gasteiger partial charge in [-0.05, 0) is 56.6 Å². The zero-order chi connectivity index (χ0) is 16.9. The fourth-order valence-electron chi connectivity index (χ4n) is 4.37. The minimum atomic E-state index is -0.144. The number of aryl methyl sites for hydroxylation is 1. The van der Waals surface area contributed by atoms with Gasteiger partial charge in [0.1, 0.15) is 0 Å². The number of rotatable bonds is 5. The third kappa shape index (κ3) is 4.56. The summed E-state index contributed by atoms with van der Waals surface area (Å²) in [5.74, 6) is 0.990. The zero-order valence-electron chi connectivity index (χ0n) is 15.0. The molecule has 1 aromatic heterocycles. The minimum Gasteiger partial charge on any atom is -0.393 e. The summed E-state index contributed by atoms with van der Waals surface area (Å²) >= 11 is 0. The summed E-state index contributed by atoms with van der Waals surface area (Å²) in [5.41, 5.74) is 8.80. The van der Waals surface area contributed by atoms with Gasteiger partial charge in [-0.25, -0.2) is 0 Å². The quantitative estimate of drug-likeness (QED) is 0.870. The van der Waals surface area contributed by atoms with Gasteiger partial charge in [-0.2, -0.15) is 0 Å². The van der Waals surface area contributed by atoms with Crippen LogP contribution in [0, 0.1) is 12.8 Å². The predicted octanol–water partition coefficient (Wildman–Crippen LogP) is 3.19. The molecule has 4 heteroatoms. The summed E-state index contributed by atoms with van der Waals surface area (Å²) in [6, 6.07) is 4.29. The van der Waals surface area contributed by atoms with Crippen molar-refractivity contribution in [1.82, 2.24) is 9.88 Å². The Kier molecular flexibility index (Phi) is 6.25. The number of aromatic nitrogens is 1. The number of piperidine rings is 1. The van der Waals surface area contributed by atoms with Gasteiger partial charge in [-0.1, -0.05) is 25.3 Å². The number of likely N-dealkylation sites (tertiary alicyclic amines) is 1. The first-order chi connectivity index (χ1) is 11.6. The molecule has 24 heavy (non-hydrogen) atoms. The Morgan fingerprint density at radius 3 is 2.71 bits per heavy atom. The first-order valence-corrected chi connectivity index (χ1v) is 9.73.